The van der Waals surface area contributed by atoms with Crippen LogP contribution in [0.2, 0.25) is 0 Å². The molecule has 4 heteroatoms. The van der Waals surface area contributed by atoms with E-state index in [0.717, 1.165) is 22.4 Å². The normalized spacial score (nSPS) is 14.6. The van der Waals surface area contributed by atoms with E-state index < -0.39 is 18.0 Å². The first-order valence-corrected chi connectivity index (χ1v) is 9.49. The number of esters is 1. The van der Waals surface area contributed by atoms with Crippen molar-refractivity contribution >= 4 is 17.7 Å². The predicted octanol–water partition coefficient (Wildman–Crippen LogP) is 4.78. The summed E-state index contributed by atoms with van der Waals surface area (Å²) in [5.41, 5.74) is 1.83. The Morgan fingerprint density at radius 1 is 1.08 bits per heavy atom. The number of carbonyl (C=O) groups excluding carboxylic acids is 1. The lowest BCUT2D eigenvalue weighted by molar-refractivity contribution is -0.142. The summed E-state index contributed by atoms with van der Waals surface area (Å²) in [6.07, 6.45) is -0.00565. The van der Waals surface area contributed by atoms with Crippen molar-refractivity contribution in [1.82, 2.24) is 0 Å². The molecular formula is C21H26O3S. The zero-order valence-corrected chi connectivity index (χ0v) is 16.0. The fraction of sp³-hybridized carbons (Fsp3) is 0.381. The average molecular weight is 359 g/mol. The molecule has 0 saturated heterocycles. The van der Waals surface area contributed by atoms with Crippen LogP contribution in [-0.4, -0.2) is 22.4 Å². The average Bonchev–Trinajstić information content (AvgIpc) is 2.62. The molecule has 0 amide bonds. The van der Waals surface area contributed by atoms with Crippen molar-refractivity contribution in [2.75, 3.05) is 0 Å². The first kappa shape index (κ1) is 19.5. The largest absolute Gasteiger partial charge is 0.426 e. The maximum absolute atomic E-state index is 12.5. The topological polar surface area (TPSA) is 46.5 Å². The van der Waals surface area contributed by atoms with Crippen molar-refractivity contribution in [2.24, 2.45) is 5.92 Å². The third-order valence-corrected chi connectivity index (χ3v) is 5.77. The Kier molecular flexibility index (Phi) is 7.09. The van der Waals surface area contributed by atoms with Gasteiger partial charge in [-0.25, -0.2) is 0 Å². The van der Waals surface area contributed by atoms with Gasteiger partial charge in [0.1, 0.15) is 5.75 Å². The number of carbonyl (C=O) groups is 1. The molecule has 2 aromatic rings. The number of para-hydroxylation sites is 1. The van der Waals surface area contributed by atoms with E-state index in [1.807, 2.05) is 69.3 Å². The summed E-state index contributed by atoms with van der Waals surface area (Å²) in [4.78, 5) is 13.6. The molecule has 0 spiro atoms. The summed E-state index contributed by atoms with van der Waals surface area (Å²) < 4.78 is 5.60. The number of aliphatic hydroxyl groups is 1. The third kappa shape index (κ3) is 5.10. The van der Waals surface area contributed by atoms with Gasteiger partial charge in [-0.1, -0.05) is 43.3 Å². The number of aryl methyl sites for hydroxylation is 2. The van der Waals surface area contributed by atoms with E-state index in [9.17, 15) is 9.90 Å². The highest BCUT2D eigenvalue weighted by atomic mass is 32.2. The molecule has 0 aromatic heterocycles. The second kappa shape index (κ2) is 9.07. The molecule has 0 bridgehead atoms. The number of rotatable bonds is 7. The highest BCUT2D eigenvalue weighted by Gasteiger charge is 2.31. The molecule has 0 saturated carbocycles. The SMILES string of the molecule is CC[C@@H](Sc1ccccc1)[C@@H](O)[C@@H](C)C(=O)Oc1c(C)cccc1C. The molecule has 0 heterocycles. The summed E-state index contributed by atoms with van der Waals surface area (Å²) in [5.74, 6) is -0.396. The fourth-order valence-corrected chi connectivity index (χ4v) is 3.89. The van der Waals surface area contributed by atoms with Crippen LogP contribution in [0.25, 0.3) is 0 Å². The van der Waals surface area contributed by atoms with Gasteiger partial charge in [0, 0.05) is 10.1 Å². The van der Waals surface area contributed by atoms with Crippen molar-refractivity contribution in [2.45, 2.75) is 50.4 Å². The van der Waals surface area contributed by atoms with Gasteiger partial charge in [-0.2, -0.15) is 0 Å². The number of hydrogen-bond acceptors (Lipinski definition) is 4. The van der Waals surface area contributed by atoms with E-state index in [4.69, 9.17) is 4.74 Å². The van der Waals surface area contributed by atoms with Gasteiger partial charge in [0.2, 0.25) is 0 Å². The van der Waals surface area contributed by atoms with Crippen molar-refractivity contribution in [3.63, 3.8) is 0 Å². The summed E-state index contributed by atoms with van der Waals surface area (Å²) in [7, 11) is 0. The fourth-order valence-electron chi connectivity index (χ4n) is 2.68. The van der Waals surface area contributed by atoms with Gasteiger partial charge >= 0.3 is 5.97 Å². The highest BCUT2D eigenvalue weighted by molar-refractivity contribution is 8.00. The molecule has 2 aromatic carbocycles. The Hall–Kier alpha value is -1.78. The van der Waals surface area contributed by atoms with E-state index in [2.05, 4.69) is 0 Å². The van der Waals surface area contributed by atoms with Gasteiger partial charge in [-0.3, -0.25) is 4.79 Å². The van der Waals surface area contributed by atoms with Crippen LogP contribution in [0, 0.1) is 19.8 Å². The van der Waals surface area contributed by atoms with Crippen molar-refractivity contribution in [3.05, 3.63) is 59.7 Å². The van der Waals surface area contributed by atoms with Crippen LogP contribution in [0.15, 0.2) is 53.4 Å². The molecule has 1 N–H and O–H groups in total. The van der Waals surface area contributed by atoms with Crippen molar-refractivity contribution in [3.8, 4) is 5.75 Å². The van der Waals surface area contributed by atoms with Crippen LogP contribution in [0.1, 0.15) is 31.4 Å². The Balaban J connectivity index is 2.06. The minimum absolute atomic E-state index is 0.0667. The van der Waals surface area contributed by atoms with Crippen molar-refractivity contribution < 1.29 is 14.6 Å². The maximum Gasteiger partial charge on any atom is 0.316 e. The van der Waals surface area contributed by atoms with Crippen LogP contribution < -0.4 is 4.74 Å². The zero-order chi connectivity index (χ0) is 18.4. The van der Waals surface area contributed by atoms with E-state index in [1.165, 1.54) is 0 Å². The first-order chi connectivity index (χ1) is 11.9. The molecule has 0 aliphatic heterocycles. The Labute approximate surface area is 154 Å². The monoisotopic (exact) mass is 358 g/mol. The molecule has 3 atom stereocenters. The van der Waals surface area contributed by atoms with Gasteiger partial charge in [-0.15, -0.1) is 11.8 Å². The van der Waals surface area contributed by atoms with Crippen LogP contribution in [-0.2, 0) is 4.79 Å². The van der Waals surface area contributed by atoms with Gasteiger partial charge in [0.25, 0.3) is 0 Å². The molecular weight excluding hydrogens is 332 g/mol. The Morgan fingerprint density at radius 2 is 1.68 bits per heavy atom. The summed E-state index contributed by atoms with van der Waals surface area (Å²) in [5, 5.41) is 10.6. The lowest BCUT2D eigenvalue weighted by Crippen LogP contribution is -2.36. The number of benzene rings is 2. The predicted molar refractivity (Wildman–Crippen MR) is 103 cm³/mol. The highest BCUT2D eigenvalue weighted by Crippen LogP contribution is 2.31. The van der Waals surface area contributed by atoms with E-state index >= 15 is 0 Å². The molecule has 0 aliphatic rings. The minimum atomic E-state index is -0.771. The smallest absolute Gasteiger partial charge is 0.316 e. The molecule has 0 fully saturated rings. The molecule has 25 heavy (non-hydrogen) atoms. The van der Waals surface area contributed by atoms with E-state index in [-0.39, 0.29) is 5.25 Å². The number of thioether (sulfide) groups is 1. The Bertz CT molecular complexity index is 679. The number of ether oxygens (including phenoxy) is 1. The van der Waals surface area contributed by atoms with Gasteiger partial charge in [-0.05, 0) is 50.5 Å². The van der Waals surface area contributed by atoms with Crippen LogP contribution in [0.4, 0.5) is 0 Å². The van der Waals surface area contributed by atoms with Crippen LogP contribution >= 0.6 is 11.8 Å². The Morgan fingerprint density at radius 3 is 2.24 bits per heavy atom. The number of aliphatic hydroxyl groups excluding tert-OH is 1. The number of hydrogen-bond donors (Lipinski definition) is 1. The standard InChI is InChI=1S/C21H26O3S/c1-5-18(25-17-12-7-6-8-13-17)19(22)16(4)21(23)24-20-14(2)10-9-11-15(20)3/h6-13,16,18-19,22H,5H2,1-4H3/t16-,18-,19+/m1/s1. The molecule has 134 valence electrons. The zero-order valence-electron chi connectivity index (χ0n) is 15.2. The van der Waals surface area contributed by atoms with Gasteiger partial charge in [0.15, 0.2) is 0 Å². The minimum Gasteiger partial charge on any atom is -0.426 e. The quantitative estimate of drug-likeness (QED) is 0.440. The summed E-state index contributed by atoms with van der Waals surface area (Å²) in [6.45, 7) is 7.58. The third-order valence-electron chi connectivity index (χ3n) is 4.31. The van der Waals surface area contributed by atoms with Crippen LogP contribution in [0.3, 0.4) is 0 Å². The molecule has 2 rings (SSSR count). The first-order valence-electron chi connectivity index (χ1n) is 8.61. The molecule has 0 unspecified atom stereocenters. The molecule has 3 nitrogen and oxygen atoms in total. The van der Waals surface area contributed by atoms with E-state index in [0.29, 0.717) is 5.75 Å². The summed E-state index contributed by atoms with van der Waals surface area (Å²) >= 11 is 1.60. The van der Waals surface area contributed by atoms with E-state index in [1.54, 1.807) is 18.7 Å². The second-order valence-electron chi connectivity index (χ2n) is 6.30. The van der Waals surface area contributed by atoms with Gasteiger partial charge < -0.3 is 9.84 Å². The maximum atomic E-state index is 12.5. The second-order valence-corrected chi connectivity index (χ2v) is 7.61. The van der Waals surface area contributed by atoms with Gasteiger partial charge in [0.05, 0.1) is 12.0 Å². The van der Waals surface area contributed by atoms with Crippen molar-refractivity contribution in [1.29, 1.82) is 0 Å². The molecule has 0 radical (unpaired) electrons. The summed E-state index contributed by atoms with van der Waals surface area (Å²) in [6, 6.07) is 15.7. The lowest BCUT2D eigenvalue weighted by atomic mass is 10.0. The lowest BCUT2D eigenvalue weighted by Gasteiger charge is -2.25. The van der Waals surface area contributed by atoms with Crippen LogP contribution in [0.5, 0.6) is 5.75 Å². The molecule has 0 aliphatic carbocycles.